The van der Waals surface area contributed by atoms with Crippen LogP contribution in [0.1, 0.15) is 36.8 Å². The third-order valence-electron chi connectivity index (χ3n) is 2.49. The van der Waals surface area contributed by atoms with Gasteiger partial charge >= 0.3 is 0 Å². The van der Waals surface area contributed by atoms with Crippen molar-refractivity contribution >= 4 is 27.0 Å². The maximum atomic E-state index is 5.76. The summed E-state index contributed by atoms with van der Waals surface area (Å²) in [6.07, 6.45) is 0. The van der Waals surface area contributed by atoms with E-state index in [1.54, 1.807) is 0 Å². The number of hydrogen-bond donors (Lipinski definition) is 0. The zero-order valence-electron chi connectivity index (χ0n) is 9.39. The lowest BCUT2D eigenvalue weighted by molar-refractivity contribution is 0.500. The number of aryl methyl sites for hydroxylation is 2. The Hall–Kier alpha value is -0.830. The van der Waals surface area contributed by atoms with Crippen molar-refractivity contribution in [3.05, 3.63) is 27.6 Å². The van der Waals surface area contributed by atoms with E-state index in [4.69, 9.17) is 4.42 Å². The largest absolute Gasteiger partial charge is 0.439 e. The van der Waals surface area contributed by atoms with Gasteiger partial charge < -0.3 is 4.42 Å². The van der Waals surface area contributed by atoms with Crippen LogP contribution in [-0.2, 0) is 0 Å². The highest BCUT2D eigenvalue weighted by Gasteiger charge is 2.14. The van der Waals surface area contributed by atoms with Gasteiger partial charge in [-0.25, -0.2) is 4.98 Å². The van der Waals surface area contributed by atoms with Crippen LogP contribution in [0.3, 0.4) is 0 Å². The van der Waals surface area contributed by atoms with E-state index in [0.717, 1.165) is 21.5 Å². The number of halogens is 1. The lowest BCUT2D eigenvalue weighted by Gasteiger charge is -2.00. The molecule has 0 radical (unpaired) electrons. The summed E-state index contributed by atoms with van der Waals surface area (Å²) >= 11 is 3.54. The molecule has 1 aromatic heterocycles. The van der Waals surface area contributed by atoms with Crippen LogP contribution in [0.4, 0.5) is 0 Å². The summed E-state index contributed by atoms with van der Waals surface area (Å²) < 4.78 is 6.78. The Morgan fingerprint density at radius 1 is 1.27 bits per heavy atom. The smallest absolute Gasteiger partial charge is 0.198 e. The monoisotopic (exact) mass is 267 g/mol. The van der Waals surface area contributed by atoms with E-state index in [2.05, 4.69) is 54.7 Å². The van der Waals surface area contributed by atoms with Crippen LogP contribution < -0.4 is 0 Å². The van der Waals surface area contributed by atoms with Crippen molar-refractivity contribution in [2.75, 3.05) is 0 Å². The molecule has 0 bridgehead atoms. The first-order chi connectivity index (χ1) is 7.00. The molecule has 15 heavy (non-hydrogen) atoms. The minimum absolute atomic E-state index is 0.323. The van der Waals surface area contributed by atoms with Crippen molar-refractivity contribution in [1.29, 1.82) is 0 Å². The molecule has 0 aliphatic heterocycles. The van der Waals surface area contributed by atoms with E-state index < -0.39 is 0 Å². The summed E-state index contributed by atoms with van der Waals surface area (Å²) in [4.78, 5) is 4.52. The van der Waals surface area contributed by atoms with Crippen LogP contribution in [0.5, 0.6) is 0 Å². The molecule has 0 fully saturated rings. The van der Waals surface area contributed by atoms with Crippen molar-refractivity contribution in [2.24, 2.45) is 0 Å². The van der Waals surface area contributed by atoms with Gasteiger partial charge in [0.15, 0.2) is 11.5 Å². The van der Waals surface area contributed by atoms with E-state index in [0.29, 0.717) is 5.92 Å². The highest BCUT2D eigenvalue weighted by Crippen LogP contribution is 2.32. The predicted molar refractivity (Wildman–Crippen MR) is 65.3 cm³/mol. The first-order valence-electron chi connectivity index (χ1n) is 5.07. The minimum Gasteiger partial charge on any atom is -0.439 e. The number of oxazole rings is 1. The predicted octanol–water partition coefficient (Wildman–Crippen LogP) is 4.33. The molecule has 0 saturated heterocycles. The molecule has 80 valence electrons. The lowest BCUT2D eigenvalue weighted by Crippen LogP contribution is -1.85. The van der Waals surface area contributed by atoms with Gasteiger partial charge in [0.05, 0.1) is 4.47 Å². The number of aromatic nitrogens is 1. The molecule has 3 heteroatoms. The second-order valence-electron chi connectivity index (χ2n) is 4.21. The van der Waals surface area contributed by atoms with Gasteiger partial charge in [0, 0.05) is 5.92 Å². The van der Waals surface area contributed by atoms with Crippen molar-refractivity contribution in [3.63, 3.8) is 0 Å². The van der Waals surface area contributed by atoms with Crippen LogP contribution in [-0.4, -0.2) is 4.98 Å². The highest BCUT2D eigenvalue weighted by molar-refractivity contribution is 9.10. The van der Waals surface area contributed by atoms with Gasteiger partial charge in [-0.3, -0.25) is 0 Å². The molecule has 2 nitrogen and oxygen atoms in total. The summed E-state index contributed by atoms with van der Waals surface area (Å²) in [5.41, 5.74) is 4.19. The maximum Gasteiger partial charge on any atom is 0.198 e. The number of fused-ring (bicyclic) bond motifs is 1. The quantitative estimate of drug-likeness (QED) is 0.769. The molecule has 0 spiro atoms. The molecule has 2 rings (SSSR count). The molecule has 1 heterocycles. The van der Waals surface area contributed by atoms with Crippen LogP contribution in [0, 0.1) is 13.8 Å². The molecule has 0 amide bonds. The maximum absolute atomic E-state index is 5.76. The molecule has 0 N–H and O–H groups in total. The number of hydrogen-bond acceptors (Lipinski definition) is 2. The average Bonchev–Trinajstić information content (AvgIpc) is 2.59. The zero-order valence-corrected chi connectivity index (χ0v) is 11.0. The standard InChI is InChI=1S/C12H14BrNO/c1-6(2)12-14-10-8(4)5-7(3)9(13)11(10)15-12/h5-6H,1-4H3. The number of nitrogens with zero attached hydrogens (tertiary/aromatic N) is 1. The van der Waals surface area contributed by atoms with Crippen LogP contribution >= 0.6 is 15.9 Å². The van der Waals surface area contributed by atoms with Gasteiger partial charge in [-0.2, -0.15) is 0 Å². The molecule has 1 aromatic carbocycles. The van der Waals surface area contributed by atoms with Crippen molar-refractivity contribution in [1.82, 2.24) is 4.98 Å². The molecule has 0 aliphatic carbocycles. The van der Waals surface area contributed by atoms with E-state index in [9.17, 15) is 0 Å². The van der Waals surface area contributed by atoms with Gasteiger partial charge in [0.25, 0.3) is 0 Å². The van der Waals surface area contributed by atoms with Crippen LogP contribution in [0.15, 0.2) is 15.0 Å². The Morgan fingerprint density at radius 2 is 1.93 bits per heavy atom. The van der Waals surface area contributed by atoms with E-state index in [1.165, 1.54) is 11.1 Å². The van der Waals surface area contributed by atoms with Gasteiger partial charge in [-0.1, -0.05) is 19.9 Å². The summed E-state index contributed by atoms with van der Waals surface area (Å²) in [6, 6.07) is 2.12. The third kappa shape index (κ3) is 1.69. The van der Waals surface area contributed by atoms with E-state index >= 15 is 0 Å². The zero-order chi connectivity index (χ0) is 11.2. The van der Waals surface area contributed by atoms with E-state index in [-0.39, 0.29) is 0 Å². The third-order valence-corrected chi connectivity index (χ3v) is 3.48. The molecular formula is C12H14BrNO. The lowest BCUT2D eigenvalue weighted by atomic mass is 10.1. The number of rotatable bonds is 1. The van der Waals surface area contributed by atoms with Gasteiger partial charge in [0.1, 0.15) is 5.52 Å². The van der Waals surface area contributed by atoms with Crippen LogP contribution in [0.2, 0.25) is 0 Å². The summed E-state index contributed by atoms with van der Waals surface area (Å²) in [5.74, 6) is 1.13. The number of benzene rings is 1. The summed E-state index contributed by atoms with van der Waals surface area (Å²) in [7, 11) is 0. The summed E-state index contributed by atoms with van der Waals surface area (Å²) in [6.45, 7) is 8.30. The molecule has 2 aromatic rings. The molecule has 0 unspecified atom stereocenters. The molecular weight excluding hydrogens is 254 g/mol. The second-order valence-corrected chi connectivity index (χ2v) is 5.00. The Balaban J connectivity index is 2.80. The van der Waals surface area contributed by atoms with E-state index in [1.807, 2.05) is 0 Å². The first kappa shape index (κ1) is 10.7. The van der Waals surface area contributed by atoms with Crippen LogP contribution in [0.25, 0.3) is 11.1 Å². The Morgan fingerprint density at radius 3 is 2.53 bits per heavy atom. The Kier molecular flexibility index (Phi) is 2.59. The fraction of sp³-hybridized carbons (Fsp3) is 0.417. The topological polar surface area (TPSA) is 26.0 Å². The first-order valence-corrected chi connectivity index (χ1v) is 5.86. The minimum atomic E-state index is 0.323. The van der Waals surface area contributed by atoms with Crippen molar-refractivity contribution < 1.29 is 4.42 Å². The Labute approximate surface area is 97.8 Å². The Bertz CT molecular complexity index is 514. The van der Waals surface area contributed by atoms with Gasteiger partial charge in [-0.15, -0.1) is 0 Å². The molecule has 0 aliphatic rings. The molecule has 0 saturated carbocycles. The average molecular weight is 268 g/mol. The van der Waals surface area contributed by atoms with Crippen molar-refractivity contribution in [3.8, 4) is 0 Å². The SMILES string of the molecule is Cc1cc(C)c2nc(C(C)C)oc2c1Br. The van der Waals surface area contributed by atoms with Gasteiger partial charge in [-0.05, 0) is 40.9 Å². The fourth-order valence-corrected chi connectivity index (χ4v) is 2.02. The van der Waals surface area contributed by atoms with Gasteiger partial charge in [0.2, 0.25) is 0 Å². The highest BCUT2D eigenvalue weighted by atomic mass is 79.9. The normalized spacial score (nSPS) is 11.6. The molecule has 0 atom stereocenters. The fourth-order valence-electron chi connectivity index (χ4n) is 1.64. The van der Waals surface area contributed by atoms with Crippen molar-refractivity contribution in [2.45, 2.75) is 33.6 Å². The second kappa shape index (κ2) is 3.63. The summed E-state index contributed by atoms with van der Waals surface area (Å²) in [5, 5.41) is 0.